The molecule has 0 unspecified atom stereocenters. The normalized spacial score (nSPS) is 13.1. The maximum atomic E-state index is 13.2. The highest BCUT2D eigenvalue weighted by Gasteiger charge is 2.46. The Bertz CT molecular complexity index is 1030. The third-order valence-corrected chi connectivity index (χ3v) is 6.96. The predicted molar refractivity (Wildman–Crippen MR) is 131 cm³/mol. The highest BCUT2D eigenvalue weighted by molar-refractivity contribution is 5.87. The van der Waals surface area contributed by atoms with E-state index in [1.165, 1.54) is 4.90 Å². The molecular formula is C27H34N2O5. The van der Waals surface area contributed by atoms with Gasteiger partial charge >= 0.3 is 12.1 Å². The van der Waals surface area contributed by atoms with Crippen molar-refractivity contribution >= 4 is 18.0 Å². The number of hydrogen-bond donors (Lipinski definition) is 2. The SMILES string of the molecule is CCCN(CC(=O)O)C(=O)C(C)(C)C(C)(C)NC(=O)OCC1c2ccccc2-c2ccccc21. The molecule has 0 aromatic heterocycles. The number of ether oxygens (including phenoxy) is 1. The number of aliphatic carboxylic acids is 1. The molecule has 2 aromatic carbocycles. The monoisotopic (exact) mass is 466 g/mol. The van der Waals surface area contributed by atoms with E-state index >= 15 is 0 Å². The van der Waals surface area contributed by atoms with Crippen molar-refractivity contribution in [1.29, 1.82) is 0 Å². The number of carboxylic acid groups (broad SMARTS) is 1. The van der Waals surface area contributed by atoms with Crippen LogP contribution in [0.2, 0.25) is 0 Å². The maximum absolute atomic E-state index is 13.2. The molecule has 2 amide bonds. The number of carbonyl (C=O) groups excluding carboxylic acids is 2. The van der Waals surface area contributed by atoms with Gasteiger partial charge in [0.2, 0.25) is 5.91 Å². The number of carboxylic acids is 1. The summed E-state index contributed by atoms with van der Waals surface area (Å²) >= 11 is 0. The van der Waals surface area contributed by atoms with Crippen LogP contribution in [0.4, 0.5) is 4.79 Å². The molecule has 0 bridgehead atoms. The largest absolute Gasteiger partial charge is 0.480 e. The topological polar surface area (TPSA) is 95.9 Å². The molecule has 7 heteroatoms. The van der Waals surface area contributed by atoms with Crippen LogP contribution < -0.4 is 5.32 Å². The summed E-state index contributed by atoms with van der Waals surface area (Å²) < 4.78 is 5.65. The highest BCUT2D eigenvalue weighted by atomic mass is 16.5. The van der Waals surface area contributed by atoms with E-state index in [0.29, 0.717) is 13.0 Å². The minimum Gasteiger partial charge on any atom is -0.480 e. The van der Waals surface area contributed by atoms with E-state index < -0.39 is 23.0 Å². The van der Waals surface area contributed by atoms with Gasteiger partial charge in [-0.3, -0.25) is 9.59 Å². The number of nitrogens with zero attached hydrogens (tertiary/aromatic N) is 1. The minimum atomic E-state index is -1.07. The second-order valence-corrected chi connectivity index (χ2v) is 9.82. The van der Waals surface area contributed by atoms with Crippen molar-refractivity contribution in [2.45, 2.75) is 52.5 Å². The number of alkyl carbamates (subject to hydrolysis) is 1. The molecule has 0 atom stereocenters. The first-order valence-corrected chi connectivity index (χ1v) is 11.6. The minimum absolute atomic E-state index is 0.0634. The summed E-state index contributed by atoms with van der Waals surface area (Å²) in [6.07, 6.45) is 0.0167. The Labute approximate surface area is 201 Å². The van der Waals surface area contributed by atoms with Gasteiger partial charge in [0, 0.05) is 12.5 Å². The molecular weight excluding hydrogens is 432 g/mol. The number of carbonyl (C=O) groups is 3. The first kappa shape index (κ1) is 25.3. The Balaban J connectivity index is 1.70. The van der Waals surface area contributed by atoms with Crippen LogP contribution in [0.25, 0.3) is 11.1 Å². The van der Waals surface area contributed by atoms with Crippen molar-refractivity contribution in [3.8, 4) is 11.1 Å². The van der Waals surface area contributed by atoms with Gasteiger partial charge in [0.15, 0.2) is 0 Å². The number of fused-ring (bicyclic) bond motifs is 3. The molecule has 0 saturated heterocycles. The second kappa shape index (κ2) is 9.87. The fourth-order valence-electron chi connectivity index (χ4n) is 4.39. The summed E-state index contributed by atoms with van der Waals surface area (Å²) in [5, 5.41) is 12.0. The van der Waals surface area contributed by atoms with Crippen LogP contribution in [0.15, 0.2) is 48.5 Å². The molecule has 34 heavy (non-hydrogen) atoms. The van der Waals surface area contributed by atoms with Crippen LogP contribution in [-0.4, -0.2) is 53.2 Å². The van der Waals surface area contributed by atoms with E-state index in [9.17, 15) is 19.5 Å². The molecule has 2 aromatic rings. The van der Waals surface area contributed by atoms with Crippen molar-refractivity contribution in [2.75, 3.05) is 19.7 Å². The number of rotatable bonds is 9. The quantitative estimate of drug-likeness (QED) is 0.561. The molecule has 0 aliphatic heterocycles. The molecule has 2 N–H and O–H groups in total. The van der Waals surface area contributed by atoms with Gasteiger partial charge in [-0.25, -0.2) is 4.79 Å². The third kappa shape index (κ3) is 4.93. The molecule has 182 valence electrons. The number of benzene rings is 2. The summed E-state index contributed by atoms with van der Waals surface area (Å²) in [7, 11) is 0. The Morgan fingerprint density at radius 3 is 2.00 bits per heavy atom. The summed E-state index contributed by atoms with van der Waals surface area (Å²) in [5.41, 5.74) is 2.48. The summed E-state index contributed by atoms with van der Waals surface area (Å²) in [4.78, 5) is 38.6. The number of hydrogen-bond acceptors (Lipinski definition) is 4. The smallest absolute Gasteiger partial charge is 0.407 e. The lowest BCUT2D eigenvalue weighted by Gasteiger charge is -2.43. The van der Waals surface area contributed by atoms with Crippen molar-refractivity contribution in [2.24, 2.45) is 5.41 Å². The van der Waals surface area contributed by atoms with Crippen LogP contribution in [0.1, 0.15) is 58.1 Å². The molecule has 0 heterocycles. The first-order valence-electron chi connectivity index (χ1n) is 11.6. The Hall–Kier alpha value is -3.35. The lowest BCUT2D eigenvalue weighted by Crippen LogP contribution is -2.60. The van der Waals surface area contributed by atoms with Crippen molar-refractivity contribution in [3.05, 3.63) is 59.7 Å². The Morgan fingerprint density at radius 2 is 1.50 bits per heavy atom. The average Bonchev–Trinajstić information content (AvgIpc) is 3.10. The Morgan fingerprint density at radius 1 is 0.971 bits per heavy atom. The molecule has 1 aliphatic rings. The zero-order chi connectivity index (χ0) is 25.1. The van der Waals surface area contributed by atoms with Crippen LogP contribution >= 0.6 is 0 Å². The van der Waals surface area contributed by atoms with Gasteiger partial charge in [0.05, 0.1) is 11.0 Å². The maximum Gasteiger partial charge on any atom is 0.407 e. The van der Waals surface area contributed by atoms with Crippen LogP contribution in [-0.2, 0) is 14.3 Å². The molecule has 3 rings (SSSR count). The molecule has 7 nitrogen and oxygen atoms in total. The van der Waals surface area contributed by atoms with Crippen LogP contribution in [0, 0.1) is 5.41 Å². The van der Waals surface area contributed by atoms with E-state index in [1.54, 1.807) is 27.7 Å². The van der Waals surface area contributed by atoms with Gasteiger partial charge < -0.3 is 20.1 Å². The van der Waals surface area contributed by atoms with E-state index in [0.717, 1.165) is 22.3 Å². The van der Waals surface area contributed by atoms with Crippen LogP contribution in [0.3, 0.4) is 0 Å². The van der Waals surface area contributed by atoms with Crippen LogP contribution in [0.5, 0.6) is 0 Å². The van der Waals surface area contributed by atoms with E-state index in [1.807, 2.05) is 31.2 Å². The van der Waals surface area contributed by atoms with Crippen molar-refractivity contribution in [1.82, 2.24) is 10.2 Å². The standard InChI is InChI=1S/C27H34N2O5/c1-6-15-29(16-23(30)31)24(32)26(2,3)27(4,5)28-25(33)34-17-22-20-13-9-7-11-18(20)19-12-8-10-14-21(19)22/h7-14,22H,6,15-17H2,1-5H3,(H,28,33)(H,30,31). The van der Waals surface area contributed by atoms with Gasteiger partial charge in [-0.2, -0.15) is 0 Å². The molecule has 1 aliphatic carbocycles. The van der Waals surface area contributed by atoms with Gasteiger partial charge in [-0.1, -0.05) is 55.5 Å². The highest BCUT2D eigenvalue weighted by Crippen LogP contribution is 2.44. The fraction of sp³-hybridized carbons (Fsp3) is 0.444. The molecule has 0 spiro atoms. The zero-order valence-corrected chi connectivity index (χ0v) is 20.6. The van der Waals surface area contributed by atoms with Gasteiger partial charge in [-0.05, 0) is 56.4 Å². The Kier molecular flexibility index (Phi) is 7.34. The molecule has 0 saturated carbocycles. The third-order valence-electron chi connectivity index (χ3n) is 6.96. The average molecular weight is 467 g/mol. The van der Waals surface area contributed by atoms with E-state index in [2.05, 4.69) is 29.6 Å². The lowest BCUT2D eigenvalue weighted by atomic mass is 9.73. The van der Waals surface area contributed by atoms with Gasteiger partial charge in [0.25, 0.3) is 0 Å². The number of amides is 2. The van der Waals surface area contributed by atoms with Crippen molar-refractivity contribution < 1.29 is 24.2 Å². The van der Waals surface area contributed by atoms with Gasteiger partial charge in [-0.15, -0.1) is 0 Å². The predicted octanol–water partition coefficient (Wildman–Crippen LogP) is 4.65. The second-order valence-electron chi connectivity index (χ2n) is 9.82. The fourth-order valence-corrected chi connectivity index (χ4v) is 4.39. The first-order chi connectivity index (χ1) is 16.0. The molecule has 0 fully saturated rings. The lowest BCUT2D eigenvalue weighted by molar-refractivity contribution is -0.151. The van der Waals surface area contributed by atoms with Crippen molar-refractivity contribution in [3.63, 3.8) is 0 Å². The summed E-state index contributed by atoms with van der Waals surface area (Å²) in [5.74, 6) is -1.47. The zero-order valence-electron chi connectivity index (χ0n) is 20.6. The molecule has 0 radical (unpaired) electrons. The number of nitrogens with one attached hydrogen (secondary N) is 1. The summed E-state index contributed by atoms with van der Waals surface area (Å²) in [6.45, 7) is 8.93. The van der Waals surface area contributed by atoms with E-state index in [4.69, 9.17) is 4.74 Å². The van der Waals surface area contributed by atoms with E-state index in [-0.39, 0.29) is 25.0 Å². The van der Waals surface area contributed by atoms with Gasteiger partial charge in [0.1, 0.15) is 13.2 Å². The summed E-state index contributed by atoms with van der Waals surface area (Å²) in [6, 6.07) is 16.2.